The van der Waals surface area contributed by atoms with Gasteiger partial charge in [0.05, 0.1) is 16.2 Å². The molecule has 0 spiro atoms. The largest absolute Gasteiger partial charge is 0.416 e. The van der Waals surface area contributed by atoms with E-state index in [0.29, 0.717) is 33.6 Å². The summed E-state index contributed by atoms with van der Waals surface area (Å²) in [4.78, 5) is 28.6. The average Bonchev–Trinajstić information content (AvgIpc) is 2.80. The Kier molecular flexibility index (Phi) is 6.80. The first-order valence-corrected chi connectivity index (χ1v) is 12.2. The summed E-state index contributed by atoms with van der Waals surface area (Å²) in [6, 6.07) is 10.1. The van der Waals surface area contributed by atoms with Crippen LogP contribution in [0.3, 0.4) is 0 Å². The predicted molar refractivity (Wildman–Crippen MR) is 129 cm³/mol. The van der Waals surface area contributed by atoms with E-state index < -0.39 is 11.7 Å². The van der Waals surface area contributed by atoms with Crippen molar-refractivity contribution in [3.8, 4) is 0 Å². The molecule has 34 heavy (non-hydrogen) atoms. The van der Waals surface area contributed by atoms with Crippen LogP contribution in [-0.2, 0) is 11.0 Å². The van der Waals surface area contributed by atoms with Crippen LogP contribution in [-0.4, -0.2) is 24.9 Å². The lowest BCUT2D eigenvalue weighted by Gasteiger charge is -2.34. The number of halogens is 3. The minimum absolute atomic E-state index is 0.138. The van der Waals surface area contributed by atoms with E-state index in [0.717, 1.165) is 29.9 Å². The summed E-state index contributed by atoms with van der Waals surface area (Å²) in [5.74, 6) is 0.556. The molecule has 2 aromatic carbocycles. The number of fused-ring (bicyclic) bond motifs is 1. The fourth-order valence-corrected chi connectivity index (χ4v) is 5.58. The van der Waals surface area contributed by atoms with Gasteiger partial charge in [-0.2, -0.15) is 13.2 Å². The summed E-state index contributed by atoms with van der Waals surface area (Å²) in [7, 11) is 1.63. The molecule has 1 N–H and O–H groups in total. The Bertz CT molecular complexity index is 1130. The van der Waals surface area contributed by atoms with E-state index in [2.05, 4.69) is 19.2 Å². The first-order chi connectivity index (χ1) is 16.0. The number of benzene rings is 2. The van der Waals surface area contributed by atoms with E-state index in [9.17, 15) is 22.8 Å². The Labute approximate surface area is 201 Å². The van der Waals surface area contributed by atoms with Crippen LogP contribution in [0.25, 0.3) is 6.08 Å². The first-order valence-electron chi connectivity index (χ1n) is 11.3. The molecule has 1 fully saturated rings. The monoisotopic (exact) mass is 488 g/mol. The van der Waals surface area contributed by atoms with Crippen molar-refractivity contribution in [1.82, 2.24) is 5.32 Å². The predicted octanol–water partition coefficient (Wildman–Crippen LogP) is 6.37. The molecule has 1 aliphatic heterocycles. The maximum Gasteiger partial charge on any atom is 0.416 e. The summed E-state index contributed by atoms with van der Waals surface area (Å²) in [5, 5.41) is 3.16. The molecule has 4 nitrogen and oxygen atoms in total. The van der Waals surface area contributed by atoms with Gasteiger partial charge in [0, 0.05) is 23.5 Å². The van der Waals surface area contributed by atoms with Gasteiger partial charge < -0.3 is 10.2 Å². The number of carbonyl (C=O) groups is 2. The molecule has 1 saturated carbocycles. The van der Waals surface area contributed by atoms with Gasteiger partial charge in [0.15, 0.2) is 0 Å². The molecular formula is C26H27F3N2O2S. The maximum atomic E-state index is 13.0. The maximum absolute atomic E-state index is 13.0. The molecule has 3 atom stereocenters. The third-order valence-electron chi connectivity index (χ3n) is 6.88. The van der Waals surface area contributed by atoms with E-state index in [-0.39, 0.29) is 17.9 Å². The number of nitrogens with one attached hydrogen (secondary N) is 1. The Balaban J connectivity index is 1.53. The summed E-state index contributed by atoms with van der Waals surface area (Å²) in [5.41, 5.74) is 0.909. The number of likely N-dealkylation sites (N-methyl/N-ethyl adjacent to an activating group) is 1. The molecule has 1 heterocycles. The molecule has 180 valence electrons. The van der Waals surface area contributed by atoms with E-state index in [4.69, 9.17) is 0 Å². The van der Waals surface area contributed by atoms with Gasteiger partial charge in [0.25, 0.3) is 11.8 Å². The number of hydrogen-bond acceptors (Lipinski definition) is 3. The number of carbonyl (C=O) groups excluding carboxylic acids is 2. The van der Waals surface area contributed by atoms with Gasteiger partial charge in [-0.05, 0) is 60.2 Å². The van der Waals surface area contributed by atoms with E-state index in [1.165, 1.54) is 35.2 Å². The fraction of sp³-hybridized carbons (Fsp3) is 0.385. The van der Waals surface area contributed by atoms with Crippen molar-refractivity contribution in [2.24, 2.45) is 11.8 Å². The third kappa shape index (κ3) is 5.02. The van der Waals surface area contributed by atoms with Crippen LogP contribution < -0.4 is 10.2 Å². The summed E-state index contributed by atoms with van der Waals surface area (Å²) in [6.07, 6.45) is 0.423. The zero-order chi connectivity index (χ0) is 24.6. The second kappa shape index (κ2) is 9.49. The van der Waals surface area contributed by atoms with E-state index in [1.807, 2.05) is 6.07 Å². The Morgan fingerprint density at radius 3 is 2.50 bits per heavy atom. The number of hydrogen-bond donors (Lipinski definition) is 1. The van der Waals surface area contributed by atoms with Crippen molar-refractivity contribution in [1.29, 1.82) is 0 Å². The third-order valence-corrected chi connectivity index (χ3v) is 7.95. The lowest BCUT2D eigenvalue weighted by atomic mass is 9.78. The number of rotatable bonds is 3. The molecule has 8 heteroatoms. The highest BCUT2D eigenvalue weighted by atomic mass is 32.2. The Hall–Kier alpha value is -2.74. The highest BCUT2D eigenvalue weighted by Gasteiger charge is 2.31. The average molecular weight is 489 g/mol. The van der Waals surface area contributed by atoms with Gasteiger partial charge in [0.1, 0.15) is 0 Å². The quantitative estimate of drug-likeness (QED) is 0.511. The zero-order valence-corrected chi connectivity index (χ0v) is 20.1. The van der Waals surface area contributed by atoms with Crippen LogP contribution in [0, 0.1) is 11.8 Å². The fourth-order valence-electron chi connectivity index (χ4n) is 4.49. The molecule has 0 bridgehead atoms. The zero-order valence-electron chi connectivity index (χ0n) is 19.3. The lowest BCUT2D eigenvalue weighted by molar-refractivity contribution is -0.137. The lowest BCUT2D eigenvalue weighted by Crippen LogP contribution is -2.43. The molecule has 2 amide bonds. The number of nitrogens with zero attached hydrogens (tertiary/aromatic N) is 1. The van der Waals surface area contributed by atoms with Crippen LogP contribution in [0.4, 0.5) is 18.9 Å². The van der Waals surface area contributed by atoms with Crippen LogP contribution in [0.1, 0.15) is 54.6 Å². The summed E-state index contributed by atoms with van der Waals surface area (Å²) < 4.78 is 38.4. The van der Waals surface area contributed by atoms with Crippen molar-refractivity contribution in [3.05, 3.63) is 64.1 Å². The summed E-state index contributed by atoms with van der Waals surface area (Å²) in [6.45, 7) is 4.39. The minimum Gasteiger partial charge on any atom is -0.349 e. The van der Waals surface area contributed by atoms with Crippen LogP contribution >= 0.6 is 11.8 Å². The van der Waals surface area contributed by atoms with Gasteiger partial charge >= 0.3 is 6.18 Å². The molecule has 2 aliphatic rings. The Morgan fingerprint density at radius 1 is 1.12 bits per heavy atom. The number of thioether (sulfide) groups is 1. The topological polar surface area (TPSA) is 49.4 Å². The van der Waals surface area contributed by atoms with Crippen LogP contribution in [0.15, 0.2) is 52.3 Å². The van der Waals surface area contributed by atoms with Gasteiger partial charge in [-0.1, -0.05) is 50.6 Å². The highest BCUT2D eigenvalue weighted by molar-refractivity contribution is 8.04. The number of anilines is 1. The number of alkyl halides is 3. The molecule has 2 aromatic rings. The molecule has 0 radical (unpaired) electrons. The minimum atomic E-state index is -4.41. The molecule has 0 unspecified atom stereocenters. The standard InChI is InChI=1S/C26H27F3N2O2S/c1-15-5-4-6-20(16(15)2)30-24(32)18-9-12-22-21(14-18)31(3)25(33)23(34-22)13-17-7-10-19(11-8-17)26(27,28)29/h7-16,20H,4-6H2,1-3H3,(H,30,32)/b23-13-/t15-,16-,20+/m1/s1. The first kappa shape index (κ1) is 24.4. The van der Waals surface area contributed by atoms with Crippen LogP contribution in [0.5, 0.6) is 0 Å². The molecule has 1 aliphatic carbocycles. The van der Waals surface area contributed by atoms with Crippen LogP contribution in [0.2, 0.25) is 0 Å². The second-order valence-corrected chi connectivity index (χ2v) is 10.2. The molecule has 0 saturated heterocycles. The van der Waals surface area contributed by atoms with Crippen molar-refractivity contribution >= 4 is 35.3 Å². The summed E-state index contributed by atoms with van der Waals surface area (Å²) >= 11 is 1.25. The van der Waals surface area contributed by atoms with Gasteiger partial charge in [-0.3, -0.25) is 9.59 Å². The smallest absolute Gasteiger partial charge is 0.349 e. The second-order valence-electron chi connectivity index (χ2n) is 9.12. The van der Waals surface area contributed by atoms with Crippen molar-refractivity contribution in [2.75, 3.05) is 11.9 Å². The highest BCUT2D eigenvalue weighted by Crippen LogP contribution is 2.42. The van der Waals surface area contributed by atoms with Gasteiger partial charge in [-0.25, -0.2) is 0 Å². The molecule has 4 rings (SSSR count). The Morgan fingerprint density at radius 2 is 1.82 bits per heavy atom. The van der Waals surface area contributed by atoms with Crippen molar-refractivity contribution in [3.63, 3.8) is 0 Å². The van der Waals surface area contributed by atoms with E-state index in [1.54, 1.807) is 25.3 Å². The number of amides is 2. The van der Waals surface area contributed by atoms with Gasteiger partial charge in [0.2, 0.25) is 0 Å². The van der Waals surface area contributed by atoms with E-state index >= 15 is 0 Å². The normalized spacial score (nSPS) is 24.2. The van der Waals surface area contributed by atoms with Crippen molar-refractivity contribution in [2.45, 2.75) is 50.2 Å². The molecular weight excluding hydrogens is 461 g/mol. The van der Waals surface area contributed by atoms with Crippen molar-refractivity contribution < 1.29 is 22.8 Å². The SMILES string of the molecule is C[C@@H]1[C@H](C)CCC[C@@H]1NC(=O)c1ccc2c(c1)N(C)C(=O)/C(=C/c1ccc(C(F)(F)F)cc1)S2. The van der Waals surface area contributed by atoms with Gasteiger partial charge in [-0.15, -0.1) is 0 Å². The molecule has 0 aromatic heterocycles.